The number of likely N-dealkylation sites (N-methyl/N-ethyl adjacent to an activating group) is 1. The Bertz CT molecular complexity index is 1810. The van der Waals surface area contributed by atoms with Crippen molar-refractivity contribution in [1.29, 1.82) is 0 Å². The fraction of sp³-hybridized carbons (Fsp3) is 0.300. The van der Waals surface area contributed by atoms with Gasteiger partial charge in [0.15, 0.2) is 11.5 Å². The third-order valence-corrected chi connectivity index (χ3v) is 8.72. The molecule has 2 heterocycles. The van der Waals surface area contributed by atoms with E-state index in [9.17, 15) is 4.79 Å². The van der Waals surface area contributed by atoms with Crippen molar-refractivity contribution in [1.82, 2.24) is 15.4 Å². The maximum absolute atomic E-state index is 13.4. The lowest BCUT2D eigenvalue weighted by Gasteiger charge is -2.19. The topological polar surface area (TPSA) is 76.8 Å². The molecule has 0 unspecified atom stereocenters. The van der Waals surface area contributed by atoms with Gasteiger partial charge < -0.3 is 24.2 Å². The average Bonchev–Trinajstić information content (AvgIpc) is 3.45. The van der Waals surface area contributed by atoms with Gasteiger partial charge in [0.25, 0.3) is 5.91 Å². The molecule has 4 aromatic carbocycles. The summed E-state index contributed by atoms with van der Waals surface area (Å²) in [6.45, 7) is 9.45. The van der Waals surface area contributed by atoms with Gasteiger partial charge in [-0.2, -0.15) is 0 Å². The summed E-state index contributed by atoms with van der Waals surface area (Å²) in [7, 11) is 2.16. The Morgan fingerprint density at radius 2 is 1.49 bits per heavy atom. The minimum Gasteiger partial charge on any atom is -0.488 e. The number of nitrogens with one attached hydrogen (secondary N) is 1. The van der Waals surface area contributed by atoms with Gasteiger partial charge in [-0.25, -0.2) is 0 Å². The van der Waals surface area contributed by atoms with Crippen molar-refractivity contribution in [2.24, 2.45) is 0 Å². The van der Waals surface area contributed by atoms with E-state index in [1.54, 1.807) is 0 Å². The minimum atomic E-state index is -0.272. The molecule has 5 aromatic rings. The normalized spacial score (nSPS) is 13.2. The Kier molecular flexibility index (Phi) is 10.0. The minimum absolute atomic E-state index is 0.140. The number of ether oxygens (including phenoxy) is 2. The number of fused-ring (bicyclic) bond motifs is 1. The van der Waals surface area contributed by atoms with Crippen LogP contribution in [0.4, 0.5) is 0 Å². The van der Waals surface area contributed by atoms with E-state index in [0.29, 0.717) is 36.8 Å². The first-order chi connectivity index (χ1) is 22.9. The molecule has 0 radical (unpaired) electrons. The first-order valence-electron chi connectivity index (χ1n) is 16.5. The summed E-state index contributed by atoms with van der Waals surface area (Å²) in [5.41, 5.74) is 8.30. The monoisotopic (exact) mass is 629 g/mol. The van der Waals surface area contributed by atoms with Crippen LogP contribution >= 0.6 is 0 Å². The molecule has 0 fully saturated rings. The van der Waals surface area contributed by atoms with Crippen LogP contribution in [-0.4, -0.2) is 42.6 Å². The van der Waals surface area contributed by atoms with Gasteiger partial charge in [-0.3, -0.25) is 4.79 Å². The van der Waals surface area contributed by atoms with Crippen LogP contribution < -0.4 is 14.8 Å². The van der Waals surface area contributed by atoms with Crippen LogP contribution in [0.25, 0.3) is 22.5 Å². The van der Waals surface area contributed by atoms with Gasteiger partial charge in [0.2, 0.25) is 0 Å². The lowest BCUT2D eigenvalue weighted by Crippen LogP contribution is -2.23. The molecule has 0 atom stereocenters. The molecule has 0 saturated heterocycles. The van der Waals surface area contributed by atoms with Crippen LogP contribution in [0.15, 0.2) is 95.5 Å². The lowest BCUT2D eigenvalue weighted by molar-refractivity contribution is 0.0947. The quantitative estimate of drug-likeness (QED) is 0.159. The van der Waals surface area contributed by atoms with E-state index >= 15 is 0 Å². The molecule has 0 spiro atoms. The van der Waals surface area contributed by atoms with Gasteiger partial charge in [-0.15, -0.1) is 0 Å². The Labute approximate surface area is 277 Å². The molecule has 1 amide bonds. The summed E-state index contributed by atoms with van der Waals surface area (Å²) in [5.74, 6) is 1.70. The zero-order valence-corrected chi connectivity index (χ0v) is 27.7. The fourth-order valence-electron chi connectivity index (χ4n) is 6.06. The zero-order valence-electron chi connectivity index (χ0n) is 27.7. The van der Waals surface area contributed by atoms with Crippen LogP contribution in [0.2, 0.25) is 0 Å². The molecule has 1 aromatic heterocycles. The Morgan fingerprint density at radius 3 is 2.13 bits per heavy atom. The van der Waals surface area contributed by atoms with E-state index in [1.165, 1.54) is 11.1 Å². The van der Waals surface area contributed by atoms with Crippen molar-refractivity contribution in [2.45, 2.75) is 52.7 Å². The third kappa shape index (κ3) is 7.42. The number of rotatable bonds is 11. The molecule has 0 bridgehead atoms. The van der Waals surface area contributed by atoms with E-state index in [1.807, 2.05) is 61.5 Å². The summed E-state index contributed by atoms with van der Waals surface area (Å²) in [6, 6.07) is 30.7. The summed E-state index contributed by atoms with van der Waals surface area (Å²) in [5, 5.41) is 7.31. The van der Waals surface area contributed by atoms with Crippen molar-refractivity contribution >= 4 is 5.91 Å². The molecule has 7 heteroatoms. The van der Waals surface area contributed by atoms with Gasteiger partial charge in [-0.1, -0.05) is 97.9 Å². The summed E-state index contributed by atoms with van der Waals surface area (Å²) in [6.07, 6.45) is 1.93. The number of carbonyl (C=O) groups excluding carboxylic acids is 1. The number of hydrogen-bond acceptors (Lipinski definition) is 6. The highest BCUT2D eigenvalue weighted by Gasteiger charge is 2.28. The van der Waals surface area contributed by atoms with Crippen LogP contribution in [0.3, 0.4) is 0 Å². The van der Waals surface area contributed by atoms with Crippen molar-refractivity contribution in [3.8, 4) is 33.9 Å². The fourth-order valence-corrected chi connectivity index (χ4v) is 6.06. The van der Waals surface area contributed by atoms with Gasteiger partial charge in [-0.05, 0) is 72.2 Å². The maximum Gasteiger partial charge on any atom is 0.274 e. The first-order valence-corrected chi connectivity index (χ1v) is 16.5. The van der Waals surface area contributed by atoms with Gasteiger partial charge in [0.05, 0.1) is 11.1 Å². The zero-order chi connectivity index (χ0) is 32.8. The molecule has 6 rings (SSSR count). The first kappa shape index (κ1) is 32.1. The Hall–Kier alpha value is -4.88. The smallest absolute Gasteiger partial charge is 0.274 e. The Balaban J connectivity index is 1.49. The summed E-state index contributed by atoms with van der Waals surface area (Å²) < 4.78 is 19.2. The molecule has 1 aliphatic rings. The number of hydrogen-bond donors (Lipinski definition) is 1. The predicted octanol–water partition coefficient (Wildman–Crippen LogP) is 8.07. The van der Waals surface area contributed by atoms with Crippen molar-refractivity contribution in [3.05, 3.63) is 125 Å². The standard InChI is InChI=1S/C40H43N3O4/c1-5-41-40(44)38-37(32-17-16-30-18-20-43(4)21-19-31(30)22-32)39(47-42-38)34-23-33(27(2)3)35(45-25-28-12-8-6-9-13-28)24-36(34)46-26-29-14-10-7-11-15-29/h6-17,22-24,27H,5,18-21,25-26H2,1-4H3,(H,41,44). The number of aromatic nitrogens is 1. The number of carbonyl (C=O) groups is 1. The van der Waals surface area contributed by atoms with Crippen LogP contribution in [-0.2, 0) is 26.1 Å². The van der Waals surface area contributed by atoms with Crippen molar-refractivity contribution in [3.63, 3.8) is 0 Å². The molecule has 242 valence electrons. The lowest BCUT2D eigenvalue weighted by atomic mass is 9.92. The second-order valence-corrected chi connectivity index (χ2v) is 12.5. The highest BCUT2D eigenvalue weighted by molar-refractivity contribution is 6.02. The SMILES string of the molecule is CCNC(=O)c1noc(-c2cc(C(C)C)c(OCc3ccccc3)cc2OCc2ccccc2)c1-c1ccc2c(c1)CCN(C)CC2. The van der Waals surface area contributed by atoms with Crippen LogP contribution in [0.1, 0.15) is 65.0 Å². The third-order valence-electron chi connectivity index (χ3n) is 8.72. The van der Waals surface area contributed by atoms with Crippen LogP contribution in [0.5, 0.6) is 11.5 Å². The highest BCUT2D eigenvalue weighted by atomic mass is 16.5. The van der Waals surface area contributed by atoms with E-state index < -0.39 is 0 Å². The average molecular weight is 630 g/mol. The summed E-state index contributed by atoms with van der Waals surface area (Å²) >= 11 is 0. The molecule has 7 nitrogen and oxygen atoms in total. The largest absolute Gasteiger partial charge is 0.488 e. The van der Waals surface area contributed by atoms with E-state index in [-0.39, 0.29) is 17.5 Å². The molecular formula is C40H43N3O4. The van der Waals surface area contributed by atoms with Crippen molar-refractivity contribution < 1.29 is 18.8 Å². The summed E-state index contributed by atoms with van der Waals surface area (Å²) in [4.78, 5) is 15.8. The predicted molar refractivity (Wildman–Crippen MR) is 186 cm³/mol. The second-order valence-electron chi connectivity index (χ2n) is 12.5. The van der Waals surface area contributed by atoms with Gasteiger partial charge in [0, 0.05) is 25.7 Å². The van der Waals surface area contributed by atoms with Crippen molar-refractivity contribution in [2.75, 3.05) is 26.7 Å². The second kappa shape index (κ2) is 14.7. The number of amides is 1. The number of benzene rings is 4. The molecule has 1 N–H and O–H groups in total. The maximum atomic E-state index is 13.4. The van der Waals surface area contributed by atoms with E-state index in [2.05, 4.69) is 72.7 Å². The molecular weight excluding hydrogens is 586 g/mol. The van der Waals surface area contributed by atoms with Gasteiger partial charge >= 0.3 is 0 Å². The molecule has 47 heavy (non-hydrogen) atoms. The van der Waals surface area contributed by atoms with Crippen LogP contribution in [0, 0.1) is 0 Å². The molecule has 0 aliphatic carbocycles. The van der Waals surface area contributed by atoms with E-state index in [4.69, 9.17) is 14.0 Å². The van der Waals surface area contributed by atoms with E-state index in [0.717, 1.165) is 59.5 Å². The highest BCUT2D eigenvalue weighted by Crippen LogP contribution is 2.45. The van der Waals surface area contributed by atoms with Gasteiger partial charge in [0.1, 0.15) is 24.7 Å². The molecule has 1 aliphatic heterocycles. The Morgan fingerprint density at radius 1 is 0.851 bits per heavy atom. The number of nitrogens with zero attached hydrogens (tertiary/aromatic N) is 2. The molecule has 0 saturated carbocycles.